The third kappa shape index (κ3) is 5.03. The fourth-order valence-corrected chi connectivity index (χ4v) is 12.2. The van der Waals surface area contributed by atoms with Gasteiger partial charge in [0.05, 0.1) is 12.5 Å². The minimum absolute atomic E-state index is 0.0842. The lowest BCUT2D eigenvalue weighted by atomic mass is 9.86. The summed E-state index contributed by atoms with van der Waals surface area (Å²) in [5.41, 5.74) is -1.48. The standard InChI is InChI=1S/C34H46O10Si/c1-22(35)41-31(5)28(36)25-26-27(43-33(7,39-10)32(6,38-9)42-26)29(37-8)34(25,44-31)21-40-45(30(2,3)4,23-17-13-11-14-18-23)24-19-15-12-16-20-24/h11-20,25-27,29H,21H2,1-10H3/t25-,26+,27-,29+,31?,32-,33-,34+/m1/s1. The molecule has 246 valence electrons. The van der Waals surface area contributed by atoms with Gasteiger partial charge in [0, 0.05) is 35.2 Å². The molecule has 0 spiro atoms. The molecule has 2 saturated heterocycles. The van der Waals surface area contributed by atoms with Gasteiger partial charge in [0.1, 0.15) is 23.9 Å². The van der Waals surface area contributed by atoms with Crippen LogP contribution in [0.25, 0.3) is 0 Å². The Morgan fingerprint density at radius 1 is 0.844 bits per heavy atom. The number of ether oxygens (including phenoxy) is 7. The molecule has 0 bridgehead atoms. The molecule has 8 atom stereocenters. The van der Waals surface area contributed by atoms with E-state index < -0.39 is 67.3 Å². The fraction of sp³-hybridized carbons (Fsp3) is 0.588. The number of benzene rings is 2. The highest BCUT2D eigenvalue weighted by Crippen LogP contribution is 2.58. The summed E-state index contributed by atoms with van der Waals surface area (Å²) >= 11 is 0. The third-order valence-electron chi connectivity index (χ3n) is 9.92. The lowest BCUT2D eigenvalue weighted by Crippen LogP contribution is -2.68. The van der Waals surface area contributed by atoms with Gasteiger partial charge >= 0.3 is 5.97 Å². The monoisotopic (exact) mass is 642 g/mol. The van der Waals surface area contributed by atoms with E-state index in [9.17, 15) is 9.59 Å². The maximum Gasteiger partial charge on any atom is 0.305 e. The van der Waals surface area contributed by atoms with Gasteiger partial charge in [0.2, 0.25) is 17.4 Å². The van der Waals surface area contributed by atoms with E-state index in [-0.39, 0.29) is 11.6 Å². The first-order valence-corrected chi connectivity index (χ1v) is 17.2. The van der Waals surface area contributed by atoms with Crippen molar-refractivity contribution in [1.82, 2.24) is 0 Å². The first-order chi connectivity index (χ1) is 21.1. The maximum absolute atomic E-state index is 14.4. The van der Waals surface area contributed by atoms with Crippen LogP contribution in [0.2, 0.25) is 5.04 Å². The van der Waals surface area contributed by atoms with Gasteiger partial charge in [-0.2, -0.15) is 0 Å². The van der Waals surface area contributed by atoms with Crippen molar-refractivity contribution >= 4 is 30.4 Å². The number of carbonyl (C=O) groups is 2. The van der Waals surface area contributed by atoms with E-state index in [4.69, 9.17) is 37.6 Å². The van der Waals surface area contributed by atoms with Crippen LogP contribution < -0.4 is 10.4 Å². The molecule has 2 aliphatic heterocycles. The van der Waals surface area contributed by atoms with E-state index in [1.165, 1.54) is 35.2 Å². The molecule has 3 aliphatic rings. The number of ketones is 1. The Morgan fingerprint density at radius 2 is 1.33 bits per heavy atom. The van der Waals surface area contributed by atoms with Crippen molar-refractivity contribution in [2.75, 3.05) is 27.9 Å². The number of hydrogen-bond acceptors (Lipinski definition) is 10. The zero-order valence-corrected chi connectivity index (χ0v) is 28.9. The summed E-state index contributed by atoms with van der Waals surface area (Å²) in [5.74, 6) is -6.82. The van der Waals surface area contributed by atoms with Crippen LogP contribution >= 0.6 is 0 Å². The highest BCUT2D eigenvalue weighted by Gasteiger charge is 2.79. The molecular formula is C34H46O10Si. The van der Waals surface area contributed by atoms with Crippen molar-refractivity contribution in [1.29, 1.82) is 0 Å². The van der Waals surface area contributed by atoms with Crippen molar-refractivity contribution in [3.8, 4) is 0 Å². The number of methoxy groups -OCH3 is 3. The normalized spacial score (nSPS) is 36.4. The van der Waals surface area contributed by atoms with E-state index in [0.717, 1.165) is 10.4 Å². The Hall–Kier alpha value is -2.48. The number of Topliss-reactive ketones (excluding diaryl/α,β-unsaturated/α-hetero) is 1. The molecule has 3 fully saturated rings. The van der Waals surface area contributed by atoms with Gasteiger partial charge < -0.3 is 37.6 Å². The van der Waals surface area contributed by atoms with Gasteiger partial charge in [-0.15, -0.1) is 0 Å². The minimum atomic E-state index is -3.13. The van der Waals surface area contributed by atoms with E-state index in [0.29, 0.717) is 0 Å². The highest BCUT2D eigenvalue weighted by atomic mass is 28.4. The smallest absolute Gasteiger partial charge is 0.305 e. The lowest BCUT2D eigenvalue weighted by Gasteiger charge is -2.51. The fourth-order valence-electron chi connectivity index (χ4n) is 7.61. The highest BCUT2D eigenvalue weighted by molar-refractivity contribution is 6.99. The molecule has 1 unspecified atom stereocenters. The molecule has 0 radical (unpaired) electrons. The maximum atomic E-state index is 14.4. The van der Waals surface area contributed by atoms with E-state index in [1.54, 1.807) is 13.8 Å². The van der Waals surface area contributed by atoms with Crippen LogP contribution in [-0.4, -0.2) is 89.3 Å². The molecule has 0 N–H and O–H groups in total. The lowest BCUT2D eigenvalue weighted by molar-refractivity contribution is -0.450. The van der Waals surface area contributed by atoms with Crippen LogP contribution in [0.1, 0.15) is 48.5 Å². The molecule has 45 heavy (non-hydrogen) atoms. The summed E-state index contributed by atoms with van der Waals surface area (Å²) in [7, 11) is 1.38. The number of hydrogen-bond donors (Lipinski definition) is 0. The predicted octanol–water partition coefficient (Wildman–Crippen LogP) is 3.33. The summed E-state index contributed by atoms with van der Waals surface area (Å²) in [4.78, 5) is 26.7. The van der Waals surface area contributed by atoms with Crippen LogP contribution in [0.5, 0.6) is 0 Å². The molecule has 0 aromatic heterocycles. The second-order valence-electron chi connectivity index (χ2n) is 13.5. The van der Waals surface area contributed by atoms with Gasteiger partial charge in [-0.1, -0.05) is 81.4 Å². The summed E-state index contributed by atoms with van der Waals surface area (Å²) < 4.78 is 50.6. The first-order valence-electron chi connectivity index (χ1n) is 15.3. The van der Waals surface area contributed by atoms with Crippen LogP contribution in [0.15, 0.2) is 60.7 Å². The van der Waals surface area contributed by atoms with Gasteiger partial charge in [-0.05, 0) is 29.3 Å². The zero-order valence-electron chi connectivity index (χ0n) is 27.9. The van der Waals surface area contributed by atoms with E-state index in [1.807, 2.05) is 36.4 Å². The molecular weight excluding hydrogens is 596 g/mol. The minimum Gasteiger partial charge on any atom is -0.426 e. The molecule has 1 saturated carbocycles. The van der Waals surface area contributed by atoms with Gasteiger partial charge in [0.25, 0.3) is 14.1 Å². The first kappa shape index (κ1) is 33.9. The van der Waals surface area contributed by atoms with E-state index in [2.05, 4.69) is 45.0 Å². The van der Waals surface area contributed by atoms with Gasteiger partial charge in [-0.25, -0.2) is 0 Å². The third-order valence-corrected chi connectivity index (χ3v) is 14.9. The largest absolute Gasteiger partial charge is 0.426 e. The number of carbonyl (C=O) groups excluding carboxylic acids is 2. The molecule has 2 aromatic rings. The zero-order chi connectivity index (χ0) is 33.1. The molecule has 0 amide bonds. The van der Waals surface area contributed by atoms with Crippen LogP contribution in [0.3, 0.4) is 0 Å². The summed E-state index contributed by atoms with van der Waals surface area (Å²) in [6.45, 7) is 12.5. The second-order valence-corrected chi connectivity index (χ2v) is 17.8. The Kier molecular flexibility index (Phi) is 8.76. The summed E-state index contributed by atoms with van der Waals surface area (Å²) in [5, 5.41) is 1.74. The summed E-state index contributed by atoms with van der Waals surface area (Å²) in [6.07, 6.45) is -2.61. The Morgan fingerprint density at radius 3 is 1.76 bits per heavy atom. The predicted molar refractivity (Wildman–Crippen MR) is 167 cm³/mol. The topological polar surface area (TPSA) is 108 Å². The summed E-state index contributed by atoms with van der Waals surface area (Å²) in [6, 6.07) is 20.3. The quantitative estimate of drug-likeness (QED) is 0.299. The average Bonchev–Trinajstić information content (AvgIpc) is 3.36. The molecule has 1 aliphatic carbocycles. The number of esters is 1. The van der Waals surface area contributed by atoms with Crippen molar-refractivity contribution in [3.63, 3.8) is 0 Å². The SMILES string of the molecule is CO[C@H]1[C@@H]2O[C@@](C)(OC)[C@](C)(OC)O[C@H]2[C@@H]2C(=O)C(C)(OC(C)=O)O[C@]12CO[Si](c1ccccc1)(c1ccccc1)C(C)(C)C. The van der Waals surface area contributed by atoms with Gasteiger partial charge in [-0.3, -0.25) is 9.59 Å². The average molecular weight is 643 g/mol. The Labute approximate surface area is 266 Å². The molecule has 10 nitrogen and oxygen atoms in total. The van der Waals surface area contributed by atoms with E-state index >= 15 is 0 Å². The van der Waals surface area contributed by atoms with Crippen molar-refractivity contribution in [2.45, 2.75) is 94.8 Å². The van der Waals surface area contributed by atoms with Crippen LogP contribution in [-0.2, 0) is 47.2 Å². The van der Waals surface area contributed by atoms with Gasteiger partial charge in [0.15, 0.2) is 0 Å². The van der Waals surface area contributed by atoms with Crippen LogP contribution in [0.4, 0.5) is 0 Å². The number of rotatable bonds is 9. The molecule has 2 aromatic carbocycles. The van der Waals surface area contributed by atoms with Crippen molar-refractivity contribution < 1.29 is 47.2 Å². The molecule has 11 heteroatoms. The Balaban J connectivity index is 1.69. The Bertz CT molecular complexity index is 1360. The molecule has 2 heterocycles. The molecule has 5 rings (SSSR count). The van der Waals surface area contributed by atoms with Crippen molar-refractivity contribution in [2.24, 2.45) is 5.92 Å². The van der Waals surface area contributed by atoms with Crippen molar-refractivity contribution in [3.05, 3.63) is 60.7 Å². The number of fused-ring (bicyclic) bond motifs is 3. The van der Waals surface area contributed by atoms with Crippen LogP contribution in [0, 0.1) is 5.92 Å². The second kappa shape index (κ2) is 11.6.